The van der Waals surface area contributed by atoms with Crippen molar-refractivity contribution in [1.82, 2.24) is 14.9 Å². The Labute approximate surface area is 126 Å². The van der Waals surface area contributed by atoms with Gasteiger partial charge in [0, 0.05) is 17.3 Å². The van der Waals surface area contributed by atoms with Crippen LogP contribution in [0.1, 0.15) is 56.7 Å². The van der Waals surface area contributed by atoms with Crippen LogP contribution in [0.2, 0.25) is 0 Å². The van der Waals surface area contributed by atoms with Gasteiger partial charge in [-0.25, -0.2) is 13.1 Å². The van der Waals surface area contributed by atoms with E-state index in [1.54, 1.807) is 6.92 Å². The zero-order valence-electron chi connectivity index (χ0n) is 12.7. The number of aryl methyl sites for hydroxylation is 1. The second-order valence-electron chi connectivity index (χ2n) is 5.92. The van der Waals surface area contributed by atoms with Crippen LogP contribution in [0.15, 0.2) is 5.03 Å². The molecule has 0 bridgehead atoms. The van der Waals surface area contributed by atoms with Crippen molar-refractivity contribution < 1.29 is 13.5 Å². The zero-order valence-corrected chi connectivity index (χ0v) is 13.5. The van der Waals surface area contributed by atoms with Gasteiger partial charge in [0.15, 0.2) is 5.03 Å². The first-order valence-corrected chi connectivity index (χ1v) is 9.13. The van der Waals surface area contributed by atoms with Gasteiger partial charge in [-0.05, 0) is 38.5 Å². The summed E-state index contributed by atoms with van der Waals surface area (Å²) in [4.78, 5) is 0. The first-order valence-electron chi connectivity index (χ1n) is 7.65. The van der Waals surface area contributed by atoms with Crippen molar-refractivity contribution in [2.75, 3.05) is 0 Å². The molecule has 1 aliphatic rings. The maximum Gasteiger partial charge on any atom is 0.260 e. The van der Waals surface area contributed by atoms with Crippen LogP contribution in [0.4, 0.5) is 0 Å². The lowest BCUT2D eigenvalue weighted by Gasteiger charge is -2.28. The van der Waals surface area contributed by atoms with Crippen molar-refractivity contribution in [2.24, 2.45) is 5.92 Å². The summed E-state index contributed by atoms with van der Waals surface area (Å²) in [6, 6.07) is -0.0216. The molecular weight excluding hydrogens is 290 g/mol. The van der Waals surface area contributed by atoms with Gasteiger partial charge in [0.25, 0.3) is 10.0 Å². The summed E-state index contributed by atoms with van der Waals surface area (Å²) in [5, 5.41) is 15.7. The Morgan fingerprint density at radius 1 is 1.33 bits per heavy atom. The molecule has 6 nitrogen and oxygen atoms in total. The Kier molecular flexibility index (Phi) is 5.40. The first kappa shape index (κ1) is 16.5. The average molecular weight is 315 g/mol. The van der Waals surface area contributed by atoms with Crippen LogP contribution >= 0.6 is 0 Å². The van der Waals surface area contributed by atoms with Gasteiger partial charge in [0.1, 0.15) is 0 Å². The quantitative estimate of drug-likeness (QED) is 0.746. The summed E-state index contributed by atoms with van der Waals surface area (Å²) in [6.07, 6.45) is 6.32. The van der Waals surface area contributed by atoms with Gasteiger partial charge in [-0.15, -0.1) is 0 Å². The smallest absolute Gasteiger partial charge is 0.260 e. The van der Waals surface area contributed by atoms with Gasteiger partial charge in [-0.2, -0.15) is 5.10 Å². The molecule has 2 rings (SSSR count). The van der Waals surface area contributed by atoms with Gasteiger partial charge >= 0.3 is 0 Å². The molecule has 0 atom stereocenters. The monoisotopic (exact) mass is 315 g/mol. The van der Waals surface area contributed by atoms with Crippen LogP contribution in [-0.4, -0.2) is 29.8 Å². The Morgan fingerprint density at radius 3 is 2.57 bits per heavy atom. The highest BCUT2D eigenvalue weighted by Gasteiger charge is 2.29. The minimum atomic E-state index is -3.66. The van der Waals surface area contributed by atoms with Gasteiger partial charge in [-0.3, -0.25) is 5.10 Å². The molecule has 0 radical (unpaired) electrons. The van der Waals surface area contributed by atoms with Gasteiger partial charge in [-0.1, -0.05) is 19.8 Å². The lowest BCUT2D eigenvalue weighted by molar-refractivity contribution is 0.277. The SMILES string of the molecule is CCCC1CCC(NS(=O)(=O)c2n[nH]c(C)c2CO)CC1. The lowest BCUT2D eigenvalue weighted by Crippen LogP contribution is -2.38. The molecule has 1 saturated carbocycles. The van der Waals surface area contributed by atoms with E-state index in [0.717, 1.165) is 31.6 Å². The Balaban J connectivity index is 2.02. The topological polar surface area (TPSA) is 95.1 Å². The molecular formula is C14H25N3O3S. The summed E-state index contributed by atoms with van der Waals surface area (Å²) in [6.45, 7) is 3.56. The van der Waals surface area contributed by atoms with E-state index in [1.165, 1.54) is 12.8 Å². The molecule has 21 heavy (non-hydrogen) atoms. The maximum absolute atomic E-state index is 12.4. The molecule has 1 fully saturated rings. The Hall–Kier alpha value is -0.920. The summed E-state index contributed by atoms with van der Waals surface area (Å²) in [5.41, 5.74) is 0.937. The van der Waals surface area contributed by atoms with E-state index >= 15 is 0 Å². The van der Waals surface area contributed by atoms with E-state index < -0.39 is 10.0 Å². The highest BCUT2D eigenvalue weighted by molar-refractivity contribution is 7.89. The Bertz CT molecular complexity index is 560. The number of H-pyrrole nitrogens is 1. The number of aliphatic hydroxyl groups is 1. The van der Waals surface area contributed by atoms with Crippen LogP contribution < -0.4 is 4.72 Å². The van der Waals surface area contributed by atoms with E-state index in [2.05, 4.69) is 21.8 Å². The van der Waals surface area contributed by atoms with Crippen molar-refractivity contribution in [3.63, 3.8) is 0 Å². The minimum absolute atomic E-state index is 0.0216. The highest BCUT2D eigenvalue weighted by atomic mass is 32.2. The number of rotatable bonds is 6. The number of aromatic amines is 1. The maximum atomic E-state index is 12.4. The van der Waals surface area contributed by atoms with Gasteiger partial charge < -0.3 is 5.11 Å². The molecule has 0 saturated heterocycles. The van der Waals surface area contributed by atoms with E-state index in [4.69, 9.17) is 0 Å². The number of aliphatic hydroxyl groups excluding tert-OH is 1. The van der Waals surface area contributed by atoms with E-state index in [1.807, 2.05) is 0 Å². The molecule has 7 heteroatoms. The van der Waals surface area contributed by atoms with Crippen LogP contribution in [0.5, 0.6) is 0 Å². The van der Waals surface area contributed by atoms with E-state index in [0.29, 0.717) is 11.3 Å². The van der Waals surface area contributed by atoms with Crippen molar-refractivity contribution in [1.29, 1.82) is 0 Å². The van der Waals surface area contributed by atoms with Crippen molar-refractivity contribution >= 4 is 10.0 Å². The number of hydrogen-bond acceptors (Lipinski definition) is 4. The normalized spacial score (nSPS) is 23.4. The molecule has 0 unspecified atom stereocenters. The third kappa shape index (κ3) is 3.84. The second-order valence-corrected chi connectivity index (χ2v) is 7.55. The van der Waals surface area contributed by atoms with Crippen LogP contribution in [0.3, 0.4) is 0 Å². The molecule has 120 valence electrons. The van der Waals surface area contributed by atoms with Crippen LogP contribution in [0.25, 0.3) is 0 Å². The highest BCUT2D eigenvalue weighted by Crippen LogP contribution is 2.28. The molecule has 0 aliphatic heterocycles. The van der Waals surface area contributed by atoms with E-state index in [9.17, 15) is 13.5 Å². The molecule has 1 aromatic heterocycles. The number of sulfonamides is 1. The molecule has 3 N–H and O–H groups in total. The predicted octanol–water partition coefficient (Wildman–Crippen LogP) is 1.85. The molecule has 0 amide bonds. The summed E-state index contributed by atoms with van der Waals surface area (Å²) in [7, 11) is -3.66. The number of hydrogen-bond donors (Lipinski definition) is 3. The fourth-order valence-corrected chi connectivity index (χ4v) is 4.58. The van der Waals surface area contributed by atoms with Gasteiger partial charge in [0.2, 0.25) is 0 Å². The first-order chi connectivity index (χ1) is 9.97. The van der Waals surface area contributed by atoms with Crippen LogP contribution in [-0.2, 0) is 16.6 Å². The average Bonchev–Trinajstić information content (AvgIpc) is 2.83. The molecule has 0 spiro atoms. The summed E-state index contributed by atoms with van der Waals surface area (Å²) in [5.74, 6) is 0.733. The summed E-state index contributed by atoms with van der Waals surface area (Å²) >= 11 is 0. The zero-order chi connectivity index (χ0) is 15.5. The van der Waals surface area contributed by atoms with Crippen LogP contribution in [0, 0.1) is 12.8 Å². The fraction of sp³-hybridized carbons (Fsp3) is 0.786. The Morgan fingerprint density at radius 2 is 2.00 bits per heavy atom. The molecule has 0 aromatic carbocycles. The largest absolute Gasteiger partial charge is 0.392 e. The number of nitrogens with one attached hydrogen (secondary N) is 2. The lowest BCUT2D eigenvalue weighted by atomic mass is 9.84. The standard InChI is InChI=1S/C14H25N3O3S/c1-3-4-11-5-7-12(8-6-11)17-21(19,20)14-13(9-18)10(2)15-16-14/h11-12,17-18H,3-9H2,1-2H3,(H,15,16). The van der Waals surface area contributed by atoms with Crippen molar-refractivity contribution in [2.45, 2.75) is 70.0 Å². The third-order valence-corrected chi connectivity index (χ3v) is 5.80. The third-order valence-electron chi connectivity index (χ3n) is 4.31. The molecule has 1 aliphatic carbocycles. The molecule has 1 heterocycles. The number of aromatic nitrogens is 2. The summed E-state index contributed by atoms with van der Waals surface area (Å²) < 4.78 is 27.5. The number of nitrogens with zero attached hydrogens (tertiary/aromatic N) is 1. The second kappa shape index (κ2) is 6.89. The minimum Gasteiger partial charge on any atom is -0.392 e. The fourth-order valence-electron chi connectivity index (χ4n) is 3.09. The van der Waals surface area contributed by atoms with Crippen molar-refractivity contribution in [3.8, 4) is 0 Å². The molecule has 1 aromatic rings. The van der Waals surface area contributed by atoms with Crippen molar-refractivity contribution in [3.05, 3.63) is 11.3 Å². The predicted molar refractivity (Wildman–Crippen MR) is 80.2 cm³/mol. The van der Waals surface area contributed by atoms with E-state index in [-0.39, 0.29) is 17.7 Å². The van der Waals surface area contributed by atoms with Gasteiger partial charge in [0.05, 0.1) is 6.61 Å².